The Morgan fingerprint density at radius 1 is 1.30 bits per heavy atom. The molecule has 1 amide bonds. The molecule has 7 heteroatoms. The van der Waals surface area contributed by atoms with Crippen molar-refractivity contribution in [3.63, 3.8) is 0 Å². The van der Waals surface area contributed by atoms with E-state index in [1.54, 1.807) is 0 Å². The number of aromatic amines is 1. The van der Waals surface area contributed by atoms with Gasteiger partial charge in [0.1, 0.15) is 0 Å². The van der Waals surface area contributed by atoms with Crippen molar-refractivity contribution in [3.05, 3.63) is 36.0 Å². The van der Waals surface area contributed by atoms with Gasteiger partial charge < -0.3 is 26.5 Å². The summed E-state index contributed by atoms with van der Waals surface area (Å²) in [5.74, 6) is -1.46. The van der Waals surface area contributed by atoms with Crippen molar-refractivity contribution < 1.29 is 14.7 Å². The lowest BCUT2D eigenvalue weighted by molar-refractivity contribution is -0.142. The lowest BCUT2D eigenvalue weighted by Crippen LogP contribution is -2.49. The van der Waals surface area contributed by atoms with E-state index in [4.69, 9.17) is 5.73 Å². The third kappa shape index (κ3) is 4.67. The van der Waals surface area contributed by atoms with Crippen LogP contribution < -0.4 is 16.4 Å². The average Bonchev–Trinajstić information content (AvgIpc) is 3.31. The van der Waals surface area contributed by atoms with Gasteiger partial charge in [0.25, 0.3) is 0 Å². The maximum absolute atomic E-state index is 12.8. The van der Waals surface area contributed by atoms with Gasteiger partial charge >= 0.3 is 5.97 Å². The van der Waals surface area contributed by atoms with E-state index in [0.717, 1.165) is 29.3 Å². The quantitative estimate of drug-likeness (QED) is 0.459. The number of nitrogens with one attached hydrogen (secondary N) is 3. The van der Waals surface area contributed by atoms with Crippen molar-refractivity contribution >= 4 is 22.8 Å². The molecule has 7 nitrogen and oxygen atoms in total. The number of carbonyl (C=O) groups is 2. The monoisotopic (exact) mass is 372 g/mol. The largest absolute Gasteiger partial charge is 0.481 e. The summed E-state index contributed by atoms with van der Waals surface area (Å²) in [6.07, 6.45) is 5.42. The van der Waals surface area contributed by atoms with Crippen LogP contribution in [0.1, 0.15) is 37.7 Å². The van der Waals surface area contributed by atoms with Crippen LogP contribution in [0.5, 0.6) is 0 Å². The second-order valence-electron chi connectivity index (χ2n) is 7.21. The van der Waals surface area contributed by atoms with Crippen LogP contribution >= 0.6 is 0 Å². The van der Waals surface area contributed by atoms with Crippen molar-refractivity contribution in [3.8, 4) is 0 Å². The minimum Gasteiger partial charge on any atom is -0.481 e. The molecule has 1 saturated carbocycles. The third-order valence-corrected chi connectivity index (χ3v) is 5.39. The number of fused-ring (bicyclic) bond motifs is 1. The molecule has 0 unspecified atom stereocenters. The maximum Gasteiger partial charge on any atom is 0.308 e. The highest BCUT2D eigenvalue weighted by Crippen LogP contribution is 2.26. The molecule has 1 heterocycles. The summed E-state index contributed by atoms with van der Waals surface area (Å²) in [6.45, 7) is 1.06. The molecule has 3 rings (SSSR count). The Morgan fingerprint density at radius 3 is 2.93 bits per heavy atom. The number of carboxylic acid groups (broad SMARTS) is 1. The molecule has 0 radical (unpaired) electrons. The Kier molecular flexibility index (Phi) is 6.47. The topological polar surface area (TPSA) is 120 Å². The highest BCUT2D eigenvalue weighted by molar-refractivity contribution is 5.84. The summed E-state index contributed by atoms with van der Waals surface area (Å²) < 4.78 is 0. The van der Waals surface area contributed by atoms with Gasteiger partial charge in [-0.05, 0) is 49.2 Å². The van der Waals surface area contributed by atoms with E-state index in [1.807, 2.05) is 30.5 Å². The number of rotatable bonds is 9. The first kappa shape index (κ1) is 19.4. The number of amides is 1. The van der Waals surface area contributed by atoms with Crippen LogP contribution in [-0.4, -0.2) is 40.6 Å². The zero-order valence-corrected chi connectivity index (χ0v) is 15.4. The number of benzene rings is 1. The molecule has 0 saturated heterocycles. The highest BCUT2D eigenvalue weighted by atomic mass is 16.4. The van der Waals surface area contributed by atoms with Gasteiger partial charge in [0, 0.05) is 24.3 Å². The molecule has 1 aromatic heterocycles. The number of H-pyrrole nitrogens is 1. The van der Waals surface area contributed by atoms with E-state index >= 15 is 0 Å². The van der Waals surface area contributed by atoms with E-state index in [2.05, 4.69) is 15.6 Å². The summed E-state index contributed by atoms with van der Waals surface area (Å²) in [5.41, 5.74) is 7.78. The second kappa shape index (κ2) is 9.01. The van der Waals surface area contributed by atoms with Crippen LogP contribution in [0.25, 0.3) is 10.9 Å². The first-order valence-electron chi connectivity index (χ1n) is 9.61. The fraction of sp³-hybridized carbons (Fsp3) is 0.500. The lowest BCUT2D eigenvalue weighted by Gasteiger charge is -2.23. The standard InChI is InChI=1S/C20H28N4O3/c21-10-3-8-17(19(25)24-16-7-2-6-15(16)20(26)27)23-12-14-5-1-4-13-9-11-22-18(13)14/h1,4-5,9,11,15-17,22-23H,2-3,6-8,10,12,21H2,(H,24,25)(H,26,27)/t15-,16+,17+/m1/s1. The second-order valence-corrected chi connectivity index (χ2v) is 7.21. The maximum atomic E-state index is 12.8. The van der Waals surface area contributed by atoms with E-state index in [-0.39, 0.29) is 11.9 Å². The normalized spacial score (nSPS) is 20.6. The van der Waals surface area contributed by atoms with Gasteiger partial charge in [-0.3, -0.25) is 9.59 Å². The van der Waals surface area contributed by atoms with Crippen LogP contribution in [0.3, 0.4) is 0 Å². The van der Waals surface area contributed by atoms with Crippen molar-refractivity contribution in [2.45, 2.75) is 50.7 Å². The predicted molar refractivity (Wildman–Crippen MR) is 104 cm³/mol. The van der Waals surface area contributed by atoms with Crippen molar-refractivity contribution in [1.29, 1.82) is 0 Å². The minimum atomic E-state index is -0.831. The summed E-state index contributed by atoms with van der Waals surface area (Å²) in [4.78, 5) is 27.4. The molecule has 1 aliphatic rings. The van der Waals surface area contributed by atoms with Crippen molar-refractivity contribution in [2.24, 2.45) is 11.7 Å². The minimum absolute atomic E-state index is 0.139. The fourth-order valence-electron chi connectivity index (χ4n) is 3.89. The molecule has 6 N–H and O–H groups in total. The molecule has 146 valence electrons. The lowest BCUT2D eigenvalue weighted by atomic mass is 10.0. The van der Waals surface area contributed by atoms with Gasteiger partial charge in [0.05, 0.1) is 12.0 Å². The third-order valence-electron chi connectivity index (χ3n) is 5.39. The van der Waals surface area contributed by atoms with Gasteiger partial charge in [0.2, 0.25) is 5.91 Å². The van der Waals surface area contributed by atoms with E-state index < -0.39 is 17.9 Å². The Bertz CT molecular complexity index is 788. The summed E-state index contributed by atoms with van der Waals surface area (Å²) in [6, 6.07) is 7.40. The van der Waals surface area contributed by atoms with E-state index in [0.29, 0.717) is 32.4 Å². The number of para-hydroxylation sites is 1. The smallest absolute Gasteiger partial charge is 0.308 e. The Balaban J connectivity index is 1.65. The Morgan fingerprint density at radius 2 is 2.15 bits per heavy atom. The molecule has 3 atom stereocenters. The molecule has 1 aliphatic carbocycles. The zero-order chi connectivity index (χ0) is 19.2. The number of hydrogen-bond acceptors (Lipinski definition) is 4. The van der Waals surface area contributed by atoms with Crippen molar-refractivity contribution in [2.75, 3.05) is 6.54 Å². The number of hydrogen-bond donors (Lipinski definition) is 5. The summed E-state index contributed by atoms with van der Waals surface area (Å²) in [7, 11) is 0. The highest BCUT2D eigenvalue weighted by Gasteiger charge is 2.35. The van der Waals surface area contributed by atoms with Crippen molar-refractivity contribution in [1.82, 2.24) is 15.6 Å². The van der Waals surface area contributed by atoms with Gasteiger partial charge in [-0.25, -0.2) is 0 Å². The van der Waals surface area contributed by atoms with Crippen LogP contribution in [0, 0.1) is 5.92 Å². The first-order valence-corrected chi connectivity index (χ1v) is 9.61. The van der Waals surface area contributed by atoms with E-state index in [1.165, 1.54) is 0 Å². The van der Waals surface area contributed by atoms with Gasteiger partial charge in [-0.2, -0.15) is 0 Å². The number of carbonyl (C=O) groups excluding carboxylic acids is 1. The summed E-state index contributed by atoms with van der Waals surface area (Å²) >= 11 is 0. The molecular formula is C20H28N4O3. The number of carboxylic acids is 1. The Labute approximate surface area is 158 Å². The molecule has 1 aromatic carbocycles. The molecule has 0 aliphatic heterocycles. The van der Waals surface area contributed by atoms with E-state index in [9.17, 15) is 14.7 Å². The molecule has 0 bridgehead atoms. The first-order chi connectivity index (χ1) is 13.1. The van der Waals surface area contributed by atoms with Crippen LogP contribution in [0.4, 0.5) is 0 Å². The number of nitrogens with two attached hydrogens (primary N) is 1. The predicted octanol–water partition coefficient (Wildman–Crippen LogP) is 1.73. The molecule has 2 aromatic rings. The van der Waals surface area contributed by atoms with Crippen LogP contribution in [0.2, 0.25) is 0 Å². The Hall–Kier alpha value is -2.38. The number of aliphatic carboxylic acids is 1. The molecule has 27 heavy (non-hydrogen) atoms. The summed E-state index contributed by atoms with van der Waals surface area (Å²) in [5, 5.41) is 16.7. The molecule has 1 fully saturated rings. The fourth-order valence-corrected chi connectivity index (χ4v) is 3.89. The SMILES string of the molecule is NCCC[C@H](NCc1cccc2cc[nH]c12)C(=O)N[C@H]1CCC[C@H]1C(=O)O. The average molecular weight is 372 g/mol. The number of aromatic nitrogens is 1. The van der Waals surface area contributed by atoms with Crippen LogP contribution in [-0.2, 0) is 16.1 Å². The molecule has 0 spiro atoms. The van der Waals surface area contributed by atoms with Gasteiger partial charge in [-0.15, -0.1) is 0 Å². The zero-order valence-electron chi connectivity index (χ0n) is 15.4. The van der Waals surface area contributed by atoms with Crippen LogP contribution in [0.15, 0.2) is 30.5 Å². The molecular weight excluding hydrogens is 344 g/mol. The van der Waals surface area contributed by atoms with Gasteiger partial charge in [-0.1, -0.05) is 24.6 Å². The van der Waals surface area contributed by atoms with Gasteiger partial charge in [0.15, 0.2) is 0 Å².